The minimum absolute atomic E-state index is 0.456. The summed E-state index contributed by atoms with van der Waals surface area (Å²) in [5.41, 5.74) is 4.98. The summed E-state index contributed by atoms with van der Waals surface area (Å²) < 4.78 is 17.5. The van der Waals surface area contributed by atoms with Gasteiger partial charge < -0.3 is 14.2 Å². The Morgan fingerprint density at radius 2 is 1.24 bits per heavy atom. The Labute approximate surface area is 220 Å². The number of nitrogens with zero attached hydrogens (tertiary/aromatic N) is 5. The van der Waals surface area contributed by atoms with E-state index in [1.54, 1.807) is 32.1 Å². The summed E-state index contributed by atoms with van der Waals surface area (Å²) in [6.07, 6.45) is 5.71. The first kappa shape index (κ1) is 24.7. The topological polar surface area (TPSA) is 83.1 Å². The van der Waals surface area contributed by atoms with Crippen LogP contribution in [0.15, 0.2) is 77.8 Å². The summed E-state index contributed by atoms with van der Waals surface area (Å²) in [5.74, 6) is 3.40. The van der Waals surface area contributed by atoms with Crippen molar-refractivity contribution in [2.24, 2.45) is 4.99 Å². The third-order valence-corrected chi connectivity index (χ3v) is 6.02. The Morgan fingerprint density at radius 3 is 1.82 bits per heavy atom. The molecule has 2 aromatic heterocycles. The lowest BCUT2D eigenvalue weighted by molar-refractivity contribution is 0.414. The highest BCUT2D eigenvalue weighted by Gasteiger charge is 2.17. The molecule has 8 heteroatoms. The average molecular weight is 506 g/mol. The summed E-state index contributed by atoms with van der Waals surface area (Å²) in [4.78, 5) is 14.4. The molecule has 5 aromatic rings. The SMILES string of the molecule is COc1ccc(C=Nc2c(-c3ccc(OC)cc3)nc3nc(/C=C/c4ccc(OC)cc4)c(C)nn23)cc1. The van der Waals surface area contributed by atoms with Crippen molar-refractivity contribution in [2.75, 3.05) is 21.3 Å². The van der Waals surface area contributed by atoms with E-state index >= 15 is 0 Å². The first-order valence-corrected chi connectivity index (χ1v) is 12.0. The van der Waals surface area contributed by atoms with Crippen LogP contribution in [0, 0.1) is 6.92 Å². The van der Waals surface area contributed by atoms with E-state index in [-0.39, 0.29) is 0 Å². The number of hydrogen-bond donors (Lipinski definition) is 0. The molecule has 38 heavy (non-hydrogen) atoms. The second-order valence-electron chi connectivity index (χ2n) is 8.44. The molecule has 0 aliphatic heterocycles. The van der Waals surface area contributed by atoms with Crippen LogP contribution < -0.4 is 14.2 Å². The van der Waals surface area contributed by atoms with Crippen LogP contribution in [-0.2, 0) is 0 Å². The van der Waals surface area contributed by atoms with Gasteiger partial charge in [-0.1, -0.05) is 18.2 Å². The second-order valence-corrected chi connectivity index (χ2v) is 8.44. The van der Waals surface area contributed by atoms with Crippen molar-refractivity contribution in [1.82, 2.24) is 19.6 Å². The van der Waals surface area contributed by atoms with Gasteiger partial charge in [-0.15, -0.1) is 0 Å². The number of methoxy groups -OCH3 is 3. The summed E-state index contributed by atoms with van der Waals surface area (Å²) >= 11 is 0. The zero-order chi connectivity index (χ0) is 26.5. The smallest absolute Gasteiger partial charge is 0.253 e. The number of imidazole rings is 1. The van der Waals surface area contributed by atoms with Gasteiger partial charge in [0.25, 0.3) is 5.78 Å². The molecule has 0 bridgehead atoms. The molecule has 3 aromatic carbocycles. The molecule has 190 valence electrons. The van der Waals surface area contributed by atoms with Gasteiger partial charge in [-0.3, -0.25) is 0 Å². The van der Waals surface area contributed by atoms with Crippen LogP contribution in [0.3, 0.4) is 0 Å². The standard InChI is InChI=1S/C30H27N5O3/c1-20-27(18-9-21-5-12-24(36-2)13-6-21)32-30-33-28(23-10-16-26(38-4)17-11-23)29(35(30)34-20)31-19-22-7-14-25(37-3)15-8-22/h5-19H,1-4H3/b18-9+,31-19?. The van der Waals surface area contributed by atoms with E-state index in [4.69, 9.17) is 34.3 Å². The van der Waals surface area contributed by atoms with Crippen LogP contribution in [0.5, 0.6) is 17.2 Å². The Hall–Kier alpha value is -4.98. The van der Waals surface area contributed by atoms with E-state index in [9.17, 15) is 0 Å². The van der Waals surface area contributed by atoms with Crippen LogP contribution in [-0.4, -0.2) is 47.1 Å². The van der Waals surface area contributed by atoms with E-state index in [1.165, 1.54) is 0 Å². The maximum absolute atomic E-state index is 5.32. The minimum atomic E-state index is 0.456. The van der Waals surface area contributed by atoms with Gasteiger partial charge >= 0.3 is 0 Å². The first-order valence-electron chi connectivity index (χ1n) is 12.0. The van der Waals surface area contributed by atoms with Crippen molar-refractivity contribution >= 4 is 30.0 Å². The van der Waals surface area contributed by atoms with Crippen molar-refractivity contribution in [3.8, 4) is 28.5 Å². The van der Waals surface area contributed by atoms with Gasteiger partial charge in [-0.05, 0) is 84.8 Å². The number of aliphatic imine (C=N–C) groups is 1. The van der Waals surface area contributed by atoms with E-state index in [0.29, 0.717) is 17.3 Å². The second kappa shape index (κ2) is 11.0. The number of hydrogen-bond acceptors (Lipinski definition) is 7. The first-order chi connectivity index (χ1) is 18.6. The molecule has 0 aliphatic rings. The molecule has 0 N–H and O–H groups in total. The molecule has 0 unspecified atom stereocenters. The quantitative estimate of drug-likeness (QED) is 0.239. The van der Waals surface area contributed by atoms with E-state index in [1.807, 2.05) is 91.9 Å². The maximum Gasteiger partial charge on any atom is 0.253 e. The molecule has 2 heterocycles. The molecule has 0 radical (unpaired) electrons. The molecule has 0 atom stereocenters. The fraction of sp³-hybridized carbons (Fsp3) is 0.133. The Morgan fingerprint density at radius 1 is 0.684 bits per heavy atom. The fourth-order valence-electron chi connectivity index (χ4n) is 3.88. The average Bonchev–Trinajstić information content (AvgIpc) is 3.32. The summed E-state index contributed by atoms with van der Waals surface area (Å²) in [5, 5.41) is 4.80. The van der Waals surface area contributed by atoms with Gasteiger partial charge in [0, 0.05) is 11.8 Å². The van der Waals surface area contributed by atoms with Gasteiger partial charge in [-0.25, -0.2) is 15.0 Å². The van der Waals surface area contributed by atoms with Crippen LogP contribution in [0.4, 0.5) is 5.82 Å². The van der Waals surface area contributed by atoms with Crippen molar-refractivity contribution in [2.45, 2.75) is 6.92 Å². The lowest BCUT2D eigenvalue weighted by atomic mass is 10.1. The van der Waals surface area contributed by atoms with Crippen molar-refractivity contribution in [3.05, 3.63) is 95.3 Å². The Bertz CT molecular complexity index is 1600. The third kappa shape index (κ3) is 5.24. The molecule has 0 fully saturated rings. The predicted molar refractivity (Wildman–Crippen MR) is 150 cm³/mol. The molecule has 0 saturated heterocycles. The van der Waals surface area contributed by atoms with Crippen LogP contribution in [0.2, 0.25) is 0 Å². The molecule has 5 rings (SSSR count). The lowest BCUT2D eigenvalue weighted by Crippen LogP contribution is -2.01. The molecular formula is C30H27N5O3. The molecule has 8 nitrogen and oxygen atoms in total. The summed E-state index contributed by atoms with van der Waals surface area (Å²) in [6.45, 7) is 1.92. The van der Waals surface area contributed by atoms with Gasteiger partial charge in [0.1, 0.15) is 22.9 Å². The Balaban J connectivity index is 1.57. The number of benzene rings is 3. The predicted octanol–water partition coefficient (Wildman–Crippen LogP) is 6.05. The number of ether oxygens (including phenoxy) is 3. The van der Waals surface area contributed by atoms with Gasteiger partial charge in [0.15, 0.2) is 5.82 Å². The summed E-state index contributed by atoms with van der Waals surface area (Å²) in [7, 11) is 4.94. The van der Waals surface area contributed by atoms with Crippen molar-refractivity contribution in [3.63, 3.8) is 0 Å². The number of aromatic nitrogens is 4. The highest BCUT2D eigenvalue weighted by Crippen LogP contribution is 2.31. The van der Waals surface area contributed by atoms with E-state index in [2.05, 4.69) is 0 Å². The van der Waals surface area contributed by atoms with Gasteiger partial charge in [0.05, 0.1) is 32.7 Å². The number of aryl methyl sites for hydroxylation is 1. The Kier molecular flexibility index (Phi) is 7.13. The zero-order valence-electron chi connectivity index (χ0n) is 21.6. The normalized spacial score (nSPS) is 11.5. The highest BCUT2D eigenvalue weighted by atomic mass is 16.5. The van der Waals surface area contributed by atoms with Crippen LogP contribution >= 0.6 is 0 Å². The van der Waals surface area contributed by atoms with E-state index < -0.39 is 0 Å². The number of fused-ring (bicyclic) bond motifs is 1. The molecule has 0 aliphatic carbocycles. The summed E-state index contributed by atoms with van der Waals surface area (Å²) in [6, 6.07) is 23.2. The van der Waals surface area contributed by atoms with Crippen LogP contribution in [0.1, 0.15) is 22.5 Å². The highest BCUT2D eigenvalue weighted by molar-refractivity contribution is 5.85. The van der Waals surface area contributed by atoms with Crippen molar-refractivity contribution < 1.29 is 14.2 Å². The molecular weight excluding hydrogens is 478 g/mol. The largest absolute Gasteiger partial charge is 0.497 e. The maximum atomic E-state index is 5.32. The fourth-order valence-corrected chi connectivity index (χ4v) is 3.88. The minimum Gasteiger partial charge on any atom is -0.497 e. The third-order valence-electron chi connectivity index (χ3n) is 6.02. The lowest BCUT2D eigenvalue weighted by Gasteiger charge is -2.04. The zero-order valence-corrected chi connectivity index (χ0v) is 21.6. The van der Waals surface area contributed by atoms with Crippen molar-refractivity contribution in [1.29, 1.82) is 0 Å². The monoisotopic (exact) mass is 505 g/mol. The van der Waals surface area contributed by atoms with E-state index in [0.717, 1.165) is 45.3 Å². The molecule has 0 saturated carbocycles. The number of rotatable bonds is 8. The van der Waals surface area contributed by atoms with Crippen LogP contribution in [0.25, 0.3) is 29.2 Å². The van der Waals surface area contributed by atoms with Gasteiger partial charge in [0.2, 0.25) is 0 Å². The van der Waals surface area contributed by atoms with Gasteiger partial charge in [-0.2, -0.15) is 9.61 Å². The molecule has 0 amide bonds. The molecule has 0 spiro atoms.